The van der Waals surface area contributed by atoms with Crippen molar-refractivity contribution in [1.82, 2.24) is 15.0 Å². The number of ether oxygens (including phenoxy) is 1. The van der Waals surface area contributed by atoms with E-state index in [2.05, 4.69) is 19.9 Å². The van der Waals surface area contributed by atoms with Gasteiger partial charge < -0.3 is 9.64 Å². The molecule has 3 aromatic rings. The Bertz CT molecular complexity index is 861. The average Bonchev–Trinajstić information content (AvgIpc) is 3.01. The van der Waals surface area contributed by atoms with Gasteiger partial charge in [0.15, 0.2) is 5.13 Å². The number of nitrogens with zero attached hydrogens (tertiary/aromatic N) is 4. The van der Waals surface area contributed by atoms with Gasteiger partial charge >= 0.3 is 0 Å². The zero-order valence-electron chi connectivity index (χ0n) is 13.3. The molecule has 3 heterocycles. The van der Waals surface area contributed by atoms with Crippen LogP contribution in [0, 0.1) is 12.7 Å². The number of benzene rings is 1. The summed E-state index contributed by atoms with van der Waals surface area (Å²) < 4.78 is 20.6. The molecule has 1 saturated heterocycles. The number of hydrogen-bond donors (Lipinski definition) is 0. The largest absolute Gasteiger partial charge is 0.473 e. The lowest BCUT2D eigenvalue weighted by molar-refractivity contribution is 0.163. The second-order valence-corrected chi connectivity index (χ2v) is 6.90. The van der Waals surface area contributed by atoms with Crippen molar-refractivity contribution in [1.29, 1.82) is 0 Å². The molecule has 1 fully saturated rings. The second-order valence-electron chi connectivity index (χ2n) is 5.89. The number of halogens is 1. The van der Waals surface area contributed by atoms with Crippen molar-refractivity contribution < 1.29 is 9.13 Å². The Balaban J connectivity index is 1.42. The molecule has 0 radical (unpaired) electrons. The van der Waals surface area contributed by atoms with Crippen molar-refractivity contribution in [2.45, 2.75) is 25.9 Å². The number of aromatic nitrogens is 3. The Morgan fingerprint density at radius 2 is 2.04 bits per heavy atom. The monoisotopic (exact) mass is 344 g/mol. The van der Waals surface area contributed by atoms with Gasteiger partial charge in [-0.1, -0.05) is 17.4 Å². The Hall–Kier alpha value is -2.28. The predicted octanol–water partition coefficient (Wildman–Crippen LogP) is 3.58. The van der Waals surface area contributed by atoms with Crippen LogP contribution in [0.4, 0.5) is 9.52 Å². The summed E-state index contributed by atoms with van der Waals surface area (Å²) in [4.78, 5) is 15.1. The number of piperidine rings is 1. The molecular formula is C17H17FN4OS. The van der Waals surface area contributed by atoms with E-state index in [9.17, 15) is 4.39 Å². The van der Waals surface area contributed by atoms with Gasteiger partial charge in [-0.3, -0.25) is 4.98 Å². The molecule has 124 valence electrons. The highest BCUT2D eigenvalue weighted by atomic mass is 32.1. The third kappa shape index (κ3) is 3.03. The van der Waals surface area contributed by atoms with E-state index in [1.807, 2.05) is 13.0 Å². The van der Waals surface area contributed by atoms with Crippen molar-refractivity contribution in [3.8, 4) is 5.88 Å². The summed E-state index contributed by atoms with van der Waals surface area (Å²) in [6, 6.07) is 5.09. The first-order chi connectivity index (χ1) is 11.7. The molecule has 0 atom stereocenters. The SMILES string of the molecule is Cc1cncc(OC2CCN(c3nc4c(F)cccc4s3)CC2)n1. The van der Waals surface area contributed by atoms with Crippen molar-refractivity contribution >= 4 is 26.7 Å². The maximum Gasteiger partial charge on any atom is 0.232 e. The third-order valence-electron chi connectivity index (χ3n) is 4.09. The Kier molecular flexibility index (Phi) is 4.02. The van der Waals surface area contributed by atoms with Gasteiger partial charge in [-0.05, 0) is 19.1 Å². The van der Waals surface area contributed by atoms with E-state index in [0.717, 1.165) is 41.5 Å². The molecular weight excluding hydrogens is 327 g/mol. The molecule has 0 saturated carbocycles. The lowest BCUT2D eigenvalue weighted by Crippen LogP contribution is -2.38. The average molecular weight is 344 g/mol. The molecule has 0 N–H and O–H groups in total. The van der Waals surface area contributed by atoms with Crippen molar-refractivity contribution in [2.75, 3.05) is 18.0 Å². The minimum absolute atomic E-state index is 0.128. The van der Waals surface area contributed by atoms with E-state index in [1.54, 1.807) is 18.5 Å². The van der Waals surface area contributed by atoms with Crippen molar-refractivity contribution in [3.05, 3.63) is 42.1 Å². The fourth-order valence-electron chi connectivity index (χ4n) is 2.87. The molecule has 1 aromatic carbocycles. The van der Waals surface area contributed by atoms with Gasteiger partial charge in [0.1, 0.15) is 17.4 Å². The quantitative estimate of drug-likeness (QED) is 0.727. The number of fused-ring (bicyclic) bond motifs is 1. The normalized spacial score (nSPS) is 15.8. The molecule has 2 aromatic heterocycles. The van der Waals surface area contributed by atoms with E-state index in [4.69, 9.17) is 4.74 Å². The first kappa shape index (κ1) is 15.3. The van der Waals surface area contributed by atoms with Gasteiger partial charge in [0.25, 0.3) is 0 Å². The number of rotatable bonds is 3. The van der Waals surface area contributed by atoms with Crippen LogP contribution >= 0.6 is 11.3 Å². The van der Waals surface area contributed by atoms with E-state index in [0.29, 0.717) is 11.4 Å². The molecule has 24 heavy (non-hydrogen) atoms. The van der Waals surface area contributed by atoms with E-state index in [-0.39, 0.29) is 11.9 Å². The molecule has 7 heteroatoms. The molecule has 0 unspecified atom stereocenters. The fourth-order valence-corrected chi connectivity index (χ4v) is 3.90. The smallest absolute Gasteiger partial charge is 0.232 e. The maximum absolute atomic E-state index is 13.8. The molecule has 0 aliphatic carbocycles. The molecule has 5 nitrogen and oxygen atoms in total. The standard InChI is InChI=1S/C17H17FN4OS/c1-11-9-19-10-15(20-11)23-12-5-7-22(8-6-12)17-21-16-13(18)3-2-4-14(16)24-17/h2-4,9-10,12H,5-8H2,1H3. The zero-order chi connectivity index (χ0) is 16.5. The minimum atomic E-state index is -0.258. The number of aryl methyl sites for hydroxylation is 1. The maximum atomic E-state index is 13.8. The highest BCUT2D eigenvalue weighted by molar-refractivity contribution is 7.22. The third-order valence-corrected chi connectivity index (χ3v) is 5.17. The van der Waals surface area contributed by atoms with Gasteiger partial charge in [-0.15, -0.1) is 0 Å². The van der Waals surface area contributed by atoms with Crippen LogP contribution in [0.25, 0.3) is 10.2 Å². The van der Waals surface area contributed by atoms with Crippen LogP contribution in [0.2, 0.25) is 0 Å². The van der Waals surface area contributed by atoms with Gasteiger partial charge in [0.05, 0.1) is 16.6 Å². The van der Waals surface area contributed by atoms with Gasteiger partial charge in [-0.2, -0.15) is 0 Å². The lowest BCUT2D eigenvalue weighted by Gasteiger charge is -2.31. The highest BCUT2D eigenvalue weighted by Gasteiger charge is 2.23. The Morgan fingerprint density at radius 3 is 2.79 bits per heavy atom. The van der Waals surface area contributed by atoms with Crippen LogP contribution in [0.5, 0.6) is 5.88 Å². The summed E-state index contributed by atoms with van der Waals surface area (Å²) in [5, 5.41) is 0.879. The fraction of sp³-hybridized carbons (Fsp3) is 0.353. The Morgan fingerprint density at radius 1 is 1.21 bits per heavy atom. The molecule has 4 rings (SSSR count). The molecule has 1 aliphatic heterocycles. The first-order valence-electron chi connectivity index (χ1n) is 7.94. The highest BCUT2D eigenvalue weighted by Crippen LogP contribution is 2.32. The number of anilines is 1. The van der Waals surface area contributed by atoms with Gasteiger partial charge in [0.2, 0.25) is 5.88 Å². The topological polar surface area (TPSA) is 51.1 Å². The first-order valence-corrected chi connectivity index (χ1v) is 8.76. The molecule has 0 amide bonds. The molecule has 0 bridgehead atoms. The predicted molar refractivity (Wildman–Crippen MR) is 92.2 cm³/mol. The zero-order valence-corrected chi connectivity index (χ0v) is 14.1. The number of para-hydroxylation sites is 1. The van der Waals surface area contributed by atoms with Crippen LogP contribution in [-0.2, 0) is 0 Å². The summed E-state index contributed by atoms with van der Waals surface area (Å²) in [7, 11) is 0. The summed E-state index contributed by atoms with van der Waals surface area (Å²) in [6.45, 7) is 3.57. The second kappa shape index (κ2) is 6.32. The van der Waals surface area contributed by atoms with E-state index < -0.39 is 0 Å². The van der Waals surface area contributed by atoms with Crippen LogP contribution in [0.15, 0.2) is 30.6 Å². The van der Waals surface area contributed by atoms with E-state index in [1.165, 1.54) is 17.4 Å². The summed E-state index contributed by atoms with van der Waals surface area (Å²) in [5.41, 5.74) is 1.31. The number of thiazole rings is 1. The summed E-state index contributed by atoms with van der Waals surface area (Å²) in [6.07, 6.45) is 5.25. The van der Waals surface area contributed by atoms with Crippen molar-refractivity contribution in [2.24, 2.45) is 0 Å². The summed E-state index contributed by atoms with van der Waals surface area (Å²) >= 11 is 1.54. The molecule has 1 aliphatic rings. The van der Waals surface area contributed by atoms with Crippen LogP contribution < -0.4 is 9.64 Å². The van der Waals surface area contributed by atoms with Crippen molar-refractivity contribution in [3.63, 3.8) is 0 Å². The van der Waals surface area contributed by atoms with Crippen LogP contribution in [0.3, 0.4) is 0 Å². The Labute approximate surface area is 143 Å². The van der Waals surface area contributed by atoms with E-state index >= 15 is 0 Å². The summed E-state index contributed by atoms with van der Waals surface area (Å²) in [5.74, 6) is 0.321. The van der Waals surface area contributed by atoms with Gasteiger partial charge in [-0.25, -0.2) is 14.4 Å². The molecule has 0 spiro atoms. The van der Waals surface area contributed by atoms with Crippen LogP contribution in [-0.4, -0.2) is 34.1 Å². The van der Waals surface area contributed by atoms with Gasteiger partial charge in [0, 0.05) is 32.1 Å². The van der Waals surface area contributed by atoms with Crippen LogP contribution in [0.1, 0.15) is 18.5 Å². The minimum Gasteiger partial charge on any atom is -0.473 e. The lowest BCUT2D eigenvalue weighted by atomic mass is 10.1. The number of hydrogen-bond acceptors (Lipinski definition) is 6.